The summed E-state index contributed by atoms with van der Waals surface area (Å²) >= 11 is 6.14. The van der Waals surface area contributed by atoms with Crippen molar-refractivity contribution in [3.63, 3.8) is 0 Å². The van der Waals surface area contributed by atoms with Crippen LogP contribution in [-0.4, -0.2) is 23.2 Å². The summed E-state index contributed by atoms with van der Waals surface area (Å²) in [7, 11) is 0. The number of nitrogens with two attached hydrogens (primary N) is 1. The Balaban J connectivity index is 1.62. The van der Waals surface area contributed by atoms with Gasteiger partial charge in [0, 0.05) is 17.0 Å². The summed E-state index contributed by atoms with van der Waals surface area (Å²) in [5, 5.41) is 11.9. The van der Waals surface area contributed by atoms with Crippen LogP contribution in [0.2, 0.25) is 5.02 Å². The molecule has 4 nitrogen and oxygen atoms in total. The summed E-state index contributed by atoms with van der Waals surface area (Å²) in [6.45, 7) is 2.13. The second-order valence-corrected chi connectivity index (χ2v) is 8.09. The Morgan fingerprint density at radius 2 is 2.12 bits per heavy atom. The molecule has 4 rings (SSSR count). The van der Waals surface area contributed by atoms with Crippen molar-refractivity contribution in [3.8, 4) is 0 Å². The van der Waals surface area contributed by atoms with Crippen molar-refractivity contribution >= 4 is 23.1 Å². The van der Waals surface area contributed by atoms with E-state index in [1.165, 1.54) is 25.7 Å². The molecule has 3 aliphatic rings. The van der Waals surface area contributed by atoms with Crippen molar-refractivity contribution in [3.05, 3.63) is 28.8 Å². The smallest absolute Gasteiger partial charge is 0.151 e. The van der Waals surface area contributed by atoms with Gasteiger partial charge in [-0.3, -0.25) is 0 Å². The van der Waals surface area contributed by atoms with E-state index in [4.69, 9.17) is 22.1 Å². The Hall–Kier alpha value is -1.10. The van der Waals surface area contributed by atoms with E-state index >= 15 is 0 Å². The third-order valence-electron chi connectivity index (χ3n) is 6.06. The van der Waals surface area contributed by atoms with Crippen LogP contribution in [0.15, 0.2) is 23.2 Å². The zero-order chi connectivity index (χ0) is 16.9. The van der Waals surface area contributed by atoms with Crippen molar-refractivity contribution in [1.29, 1.82) is 0 Å². The maximum absolute atomic E-state index is 11.3. The second kappa shape index (κ2) is 6.01. The molecule has 0 radical (unpaired) electrons. The largest absolute Gasteiger partial charge is 0.384 e. The van der Waals surface area contributed by atoms with E-state index in [0.29, 0.717) is 34.5 Å². The van der Waals surface area contributed by atoms with Crippen molar-refractivity contribution in [1.82, 2.24) is 0 Å². The Bertz CT molecular complexity index is 671. The van der Waals surface area contributed by atoms with Gasteiger partial charge in [0.25, 0.3) is 0 Å². The molecular weight excluding hydrogens is 324 g/mol. The van der Waals surface area contributed by atoms with Gasteiger partial charge in [-0.05, 0) is 43.4 Å². The number of rotatable bonds is 3. The predicted octanol–water partition coefficient (Wildman–Crippen LogP) is 3.90. The first kappa shape index (κ1) is 16.4. The average molecular weight is 349 g/mol. The number of amidine groups is 1. The van der Waals surface area contributed by atoms with Crippen LogP contribution < -0.4 is 5.73 Å². The SMILES string of the molecule is CC1CC(C2CCCC2)C(CC2(O)C(N)=Nc3ccc(Cl)cc32)O1. The summed E-state index contributed by atoms with van der Waals surface area (Å²) in [6, 6.07) is 5.37. The van der Waals surface area contributed by atoms with E-state index in [9.17, 15) is 5.11 Å². The number of hydrogen-bond donors (Lipinski definition) is 2. The van der Waals surface area contributed by atoms with Gasteiger partial charge in [-0.1, -0.05) is 37.3 Å². The molecule has 2 heterocycles. The fourth-order valence-electron chi connectivity index (χ4n) is 4.87. The lowest BCUT2D eigenvalue weighted by atomic mass is 9.78. The van der Waals surface area contributed by atoms with E-state index < -0.39 is 5.60 Å². The first-order chi connectivity index (χ1) is 11.5. The summed E-state index contributed by atoms with van der Waals surface area (Å²) in [5.74, 6) is 1.47. The highest BCUT2D eigenvalue weighted by atomic mass is 35.5. The van der Waals surface area contributed by atoms with E-state index in [2.05, 4.69) is 11.9 Å². The standard InChI is InChI=1S/C19H25ClN2O2/c1-11-8-14(12-4-2-3-5-12)17(24-11)10-19(23)15-9-13(20)6-7-16(15)22-18(19)21/h6-7,9,11-12,14,17,23H,2-5,8,10H2,1H3,(H2,21,22). The lowest BCUT2D eigenvalue weighted by Crippen LogP contribution is -2.43. The van der Waals surface area contributed by atoms with Crippen LogP contribution in [-0.2, 0) is 10.3 Å². The minimum atomic E-state index is -1.27. The predicted molar refractivity (Wildman–Crippen MR) is 95.6 cm³/mol. The molecule has 5 heteroatoms. The van der Waals surface area contributed by atoms with E-state index in [-0.39, 0.29) is 18.0 Å². The number of nitrogens with zero attached hydrogens (tertiary/aromatic N) is 1. The number of halogens is 1. The van der Waals surface area contributed by atoms with Crippen LogP contribution in [0, 0.1) is 11.8 Å². The summed E-state index contributed by atoms with van der Waals surface area (Å²) in [6.07, 6.45) is 6.98. The fourth-order valence-corrected chi connectivity index (χ4v) is 5.05. The van der Waals surface area contributed by atoms with Crippen molar-refractivity contribution in [2.24, 2.45) is 22.6 Å². The zero-order valence-corrected chi connectivity index (χ0v) is 14.8. The maximum Gasteiger partial charge on any atom is 0.151 e. The highest BCUT2D eigenvalue weighted by Gasteiger charge is 2.48. The second-order valence-electron chi connectivity index (χ2n) is 7.65. The molecule has 1 aromatic rings. The monoisotopic (exact) mass is 348 g/mol. The Kier molecular flexibility index (Phi) is 4.10. The molecule has 24 heavy (non-hydrogen) atoms. The molecule has 4 unspecified atom stereocenters. The van der Waals surface area contributed by atoms with E-state index in [1.807, 2.05) is 6.07 Å². The van der Waals surface area contributed by atoms with Crippen LogP contribution in [0.5, 0.6) is 0 Å². The Morgan fingerprint density at radius 1 is 1.38 bits per heavy atom. The summed E-state index contributed by atoms with van der Waals surface area (Å²) in [4.78, 5) is 4.36. The van der Waals surface area contributed by atoms with Crippen molar-refractivity contribution in [2.75, 3.05) is 0 Å². The van der Waals surface area contributed by atoms with Gasteiger partial charge in [-0.25, -0.2) is 4.99 Å². The molecule has 1 saturated heterocycles. The van der Waals surface area contributed by atoms with Gasteiger partial charge in [0.05, 0.1) is 17.9 Å². The number of fused-ring (bicyclic) bond motifs is 1. The van der Waals surface area contributed by atoms with Gasteiger partial charge >= 0.3 is 0 Å². The van der Waals surface area contributed by atoms with Gasteiger partial charge in [0.2, 0.25) is 0 Å². The molecule has 130 valence electrons. The minimum Gasteiger partial charge on any atom is -0.384 e. The highest BCUT2D eigenvalue weighted by Crippen LogP contribution is 2.47. The normalized spacial score (nSPS) is 36.1. The van der Waals surface area contributed by atoms with Crippen LogP contribution in [0.3, 0.4) is 0 Å². The van der Waals surface area contributed by atoms with Gasteiger partial charge < -0.3 is 15.6 Å². The molecule has 1 aliphatic carbocycles. The molecular formula is C19H25ClN2O2. The highest BCUT2D eigenvalue weighted by molar-refractivity contribution is 6.30. The van der Waals surface area contributed by atoms with Crippen LogP contribution in [0.25, 0.3) is 0 Å². The van der Waals surface area contributed by atoms with Gasteiger partial charge in [0.15, 0.2) is 5.60 Å². The van der Waals surface area contributed by atoms with Crippen molar-refractivity contribution in [2.45, 2.75) is 63.3 Å². The molecule has 0 amide bonds. The number of aliphatic hydroxyl groups is 1. The molecule has 0 bridgehead atoms. The van der Waals surface area contributed by atoms with Crippen LogP contribution in [0.1, 0.15) is 51.0 Å². The number of hydrogen-bond acceptors (Lipinski definition) is 4. The first-order valence-corrected chi connectivity index (χ1v) is 9.37. The average Bonchev–Trinajstić information content (AvgIpc) is 3.22. The lowest BCUT2D eigenvalue weighted by molar-refractivity contribution is -0.0190. The number of benzene rings is 1. The van der Waals surface area contributed by atoms with Gasteiger partial charge in [0.1, 0.15) is 5.84 Å². The molecule has 1 aromatic carbocycles. The maximum atomic E-state index is 11.3. The Morgan fingerprint density at radius 3 is 2.88 bits per heavy atom. The minimum absolute atomic E-state index is 0.0202. The molecule has 0 spiro atoms. The molecule has 2 aliphatic heterocycles. The first-order valence-electron chi connectivity index (χ1n) is 9.00. The Labute approximate surface area is 148 Å². The quantitative estimate of drug-likeness (QED) is 0.870. The molecule has 0 aromatic heterocycles. The number of ether oxygens (including phenoxy) is 1. The zero-order valence-electron chi connectivity index (χ0n) is 14.0. The van der Waals surface area contributed by atoms with Gasteiger partial charge in [-0.15, -0.1) is 0 Å². The van der Waals surface area contributed by atoms with E-state index in [0.717, 1.165) is 6.42 Å². The molecule has 2 fully saturated rings. The number of aliphatic imine (C=N–C) groups is 1. The summed E-state index contributed by atoms with van der Waals surface area (Å²) in [5.41, 5.74) is 6.27. The topological polar surface area (TPSA) is 67.8 Å². The van der Waals surface area contributed by atoms with E-state index in [1.54, 1.807) is 12.1 Å². The lowest BCUT2D eigenvalue weighted by Gasteiger charge is -2.31. The molecule has 1 saturated carbocycles. The van der Waals surface area contributed by atoms with Gasteiger partial charge in [-0.2, -0.15) is 0 Å². The third-order valence-corrected chi connectivity index (χ3v) is 6.29. The van der Waals surface area contributed by atoms with Crippen LogP contribution >= 0.6 is 11.6 Å². The third kappa shape index (κ3) is 2.65. The summed E-state index contributed by atoms with van der Waals surface area (Å²) < 4.78 is 6.20. The molecule has 3 N–H and O–H groups in total. The molecule has 4 atom stereocenters. The van der Waals surface area contributed by atoms with Crippen molar-refractivity contribution < 1.29 is 9.84 Å². The van der Waals surface area contributed by atoms with Crippen LogP contribution in [0.4, 0.5) is 5.69 Å². The fraction of sp³-hybridized carbons (Fsp3) is 0.632.